The van der Waals surface area contributed by atoms with Crippen molar-refractivity contribution in [3.8, 4) is 0 Å². The summed E-state index contributed by atoms with van der Waals surface area (Å²) >= 11 is 7.47. The number of carboxylic acid groups (broad SMARTS) is 1. The maximum Gasteiger partial charge on any atom is 0.310 e. The van der Waals surface area contributed by atoms with E-state index in [0.29, 0.717) is 11.4 Å². The molecule has 0 saturated carbocycles. The van der Waals surface area contributed by atoms with Crippen LogP contribution in [0.2, 0.25) is 5.02 Å². The maximum absolute atomic E-state index is 11.5. The Labute approximate surface area is 121 Å². The zero-order chi connectivity index (χ0) is 14.2. The molecule has 0 saturated heterocycles. The largest absolute Gasteiger partial charge is 0.481 e. The number of hydrogen-bond acceptors (Lipinski definition) is 3. The fraction of sp³-hybridized carbons (Fsp3) is 0.429. The Hall–Kier alpha value is -1.13. The number of nitrogens with zero attached hydrogens (tertiary/aromatic N) is 1. The van der Waals surface area contributed by atoms with Crippen molar-refractivity contribution in [3.63, 3.8) is 0 Å². The van der Waals surface area contributed by atoms with Crippen molar-refractivity contribution in [2.75, 3.05) is 0 Å². The smallest absolute Gasteiger partial charge is 0.310 e. The van der Waals surface area contributed by atoms with Crippen LogP contribution in [-0.4, -0.2) is 16.1 Å². The van der Waals surface area contributed by atoms with Crippen molar-refractivity contribution < 1.29 is 9.90 Å². The van der Waals surface area contributed by atoms with E-state index in [2.05, 4.69) is 4.98 Å². The van der Waals surface area contributed by atoms with Crippen molar-refractivity contribution in [1.82, 2.24) is 4.98 Å². The van der Waals surface area contributed by atoms with Crippen LogP contribution in [0.4, 0.5) is 0 Å². The van der Waals surface area contributed by atoms with E-state index in [9.17, 15) is 9.90 Å². The minimum Gasteiger partial charge on any atom is -0.481 e. The van der Waals surface area contributed by atoms with E-state index in [0.717, 1.165) is 15.2 Å². The number of benzene rings is 1. The Balaban J connectivity index is 2.37. The van der Waals surface area contributed by atoms with E-state index < -0.39 is 11.4 Å². The molecule has 5 heteroatoms. The molecule has 0 bridgehead atoms. The first-order valence-corrected chi connectivity index (χ1v) is 7.31. The number of hydrogen-bond donors (Lipinski definition) is 1. The molecular weight excluding hydrogens is 282 g/mol. The van der Waals surface area contributed by atoms with E-state index in [4.69, 9.17) is 11.6 Å². The summed E-state index contributed by atoms with van der Waals surface area (Å²) in [5.41, 5.74) is 0.0431. The molecule has 1 heterocycles. The van der Waals surface area contributed by atoms with Crippen LogP contribution >= 0.6 is 22.9 Å². The lowest BCUT2D eigenvalue weighted by molar-refractivity contribution is -0.150. The summed E-state index contributed by atoms with van der Waals surface area (Å²) in [4.78, 5) is 16.0. The average Bonchev–Trinajstić information content (AvgIpc) is 2.69. The van der Waals surface area contributed by atoms with Gasteiger partial charge in [0.15, 0.2) is 0 Å². The van der Waals surface area contributed by atoms with Gasteiger partial charge < -0.3 is 5.11 Å². The van der Waals surface area contributed by atoms with Crippen molar-refractivity contribution in [2.24, 2.45) is 11.3 Å². The predicted molar refractivity (Wildman–Crippen MR) is 78.9 cm³/mol. The first-order valence-electron chi connectivity index (χ1n) is 6.11. The Kier molecular flexibility index (Phi) is 3.83. The van der Waals surface area contributed by atoms with Gasteiger partial charge in [0.25, 0.3) is 0 Å². The number of carbonyl (C=O) groups is 1. The van der Waals surface area contributed by atoms with E-state index in [1.165, 1.54) is 11.3 Å². The lowest BCUT2D eigenvalue weighted by Gasteiger charge is -2.27. The Bertz CT molecular complexity index is 623. The number of rotatable bonds is 4. The second-order valence-electron chi connectivity index (χ2n) is 5.27. The van der Waals surface area contributed by atoms with Gasteiger partial charge in [-0.05, 0) is 31.0 Å². The Morgan fingerprint density at radius 2 is 2.21 bits per heavy atom. The quantitative estimate of drug-likeness (QED) is 0.918. The van der Waals surface area contributed by atoms with Crippen molar-refractivity contribution in [3.05, 3.63) is 28.2 Å². The molecule has 0 radical (unpaired) electrons. The molecule has 102 valence electrons. The van der Waals surface area contributed by atoms with Crippen LogP contribution in [0.5, 0.6) is 0 Å². The molecule has 0 fully saturated rings. The minimum atomic E-state index is -0.794. The third-order valence-corrected chi connectivity index (χ3v) is 4.95. The molecule has 1 atom stereocenters. The minimum absolute atomic E-state index is 0.0422. The highest BCUT2D eigenvalue weighted by Gasteiger charge is 2.37. The SMILES string of the molecule is CC(C)C(C)(Cc1nc2cc(Cl)ccc2s1)C(=O)O. The van der Waals surface area contributed by atoms with Crippen LogP contribution in [0.1, 0.15) is 25.8 Å². The van der Waals surface area contributed by atoms with Crippen molar-refractivity contribution >= 4 is 39.1 Å². The molecule has 3 nitrogen and oxygen atoms in total. The molecule has 2 rings (SSSR count). The summed E-state index contributed by atoms with van der Waals surface area (Å²) < 4.78 is 1.04. The fourth-order valence-electron chi connectivity index (χ4n) is 1.86. The number of carboxylic acids is 1. The van der Waals surface area contributed by atoms with Crippen molar-refractivity contribution in [1.29, 1.82) is 0 Å². The number of aliphatic carboxylic acids is 1. The third-order valence-electron chi connectivity index (χ3n) is 3.68. The van der Waals surface area contributed by atoms with Gasteiger partial charge in [0.2, 0.25) is 0 Å². The lowest BCUT2D eigenvalue weighted by atomic mass is 9.76. The third kappa shape index (κ3) is 2.74. The van der Waals surface area contributed by atoms with Gasteiger partial charge in [-0.25, -0.2) is 4.98 Å². The molecule has 0 spiro atoms. The van der Waals surface area contributed by atoms with Gasteiger partial charge in [-0.15, -0.1) is 11.3 Å². The second kappa shape index (κ2) is 5.10. The van der Waals surface area contributed by atoms with Crippen LogP contribution in [0.3, 0.4) is 0 Å². The van der Waals surface area contributed by atoms with Gasteiger partial charge in [-0.2, -0.15) is 0 Å². The molecule has 1 N–H and O–H groups in total. The summed E-state index contributed by atoms with van der Waals surface area (Å²) in [5.74, 6) is -0.736. The van der Waals surface area contributed by atoms with Crippen LogP contribution in [-0.2, 0) is 11.2 Å². The monoisotopic (exact) mass is 297 g/mol. The Morgan fingerprint density at radius 1 is 1.53 bits per heavy atom. The van der Waals surface area contributed by atoms with Gasteiger partial charge in [0, 0.05) is 11.4 Å². The Morgan fingerprint density at radius 3 is 2.79 bits per heavy atom. The van der Waals surface area contributed by atoms with E-state index in [1.807, 2.05) is 32.0 Å². The van der Waals surface area contributed by atoms with Gasteiger partial charge in [-0.1, -0.05) is 25.4 Å². The zero-order valence-electron chi connectivity index (χ0n) is 11.1. The molecule has 0 amide bonds. The van der Waals surface area contributed by atoms with Crippen LogP contribution in [0, 0.1) is 11.3 Å². The van der Waals surface area contributed by atoms with Gasteiger partial charge in [0.1, 0.15) is 0 Å². The first-order chi connectivity index (χ1) is 8.83. The van der Waals surface area contributed by atoms with E-state index >= 15 is 0 Å². The highest BCUT2D eigenvalue weighted by molar-refractivity contribution is 7.18. The second-order valence-corrected chi connectivity index (χ2v) is 6.83. The lowest BCUT2D eigenvalue weighted by Crippen LogP contribution is -2.35. The highest BCUT2D eigenvalue weighted by atomic mass is 35.5. The molecule has 0 aliphatic rings. The summed E-state index contributed by atoms with van der Waals surface area (Å²) in [6, 6.07) is 5.56. The number of fused-ring (bicyclic) bond motifs is 1. The highest BCUT2D eigenvalue weighted by Crippen LogP contribution is 2.35. The molecule has 0 aliphatic carbocycles. The maximum atomic E-state index is 11.5. The molecule has 1 unspecified atom stereocenters. The van der Waals surface area contributed by atoms with Gasteiger partial charge in [-0.3, -0.25) is 4.79 Å². The van der Waals surface area contributed by atoms with Gasteiger partial charge in [0.05, 0.1) is 20.6 Å². The number of halogens is 1. The average molecular weight is 298 g/mol. The standard InChI is InChI=1S/C14H16ClNO2S/c1-8(2)14(3,13(17)18)7-12-16-10-6-9(15)4-5-11(10)19-12/h4-6,8H,7H2,1-3H3,(H,17,18). The van der Waals surface area contributed by atoms with Crippen LogP contribution in [0.25, 0.3) is 10.2 Å². The summed E-state index contributed by atoms with van der Waals surface area (Å²) in [6.45, 7) is 5.63. The molecule has 19 heavy (non-hydrogen) atoms. The topological polar surface area (TPSA) is 50.2 Å². The fourth-order valence-corrected chi connectivity index (χ4v) is 3.15. The van der Waals surface area contributed by atoms with Crippen LogP contribution < -0.4 is 0 Å². The molecule has 2 aromatic rings. The predicted octanol–water partition coefficient (Wildman–Crippen LogP) is 4.24. The van der Waals surface area contributed by atoms with Gasteiger partial charge >= 0.3 is 5.97 Å². The molecular formula is C14H16ClNO2S. The van der Waals surface area contributed by atoms with E-state index in [-0.39, 0.29) is 5.92 Å². The summed E-state index contributed by atoms with van der Waals surface area (Å²) in [6.07, 6.45) is 0.441. The number of thiazole rings is 1. The summed E-state index contributed by atoms with van der Waals surface area (Å²) in [5, 5.41) is 10.9. The molecule has 1 aromatic heterocycles. The number of aromatic nitrogens is 1. The first kappa shape index (κ1) is 14.3. The molecule has 1 aromatic carbocycles. The van der Waals surface area contributed by atoms with E-state index in [1.54, 1.807) is 6.92 Å². The van der Waals surface area contributed by atoms with Crippen molar-refractivity contribution in [2.45, 2.75) is 27.2 Å². The normalized spacial score (nSPS) is 14.8. The van der Waals surface area contributed by atoms with Crippen LogP contribution in [0.15, 0.2) is 18.2 Å². The zero-order valence-corrected chi connectivity index (χ0v) is 12.7. The summed E-state index contributed by atoms with van der Waals surface area (Å²) in [7, 11) is 0. The molecule has 0 aliphatic heterocycles.